The van der Waals surface area contributed by atoms with Crippen molar-refractivity contribution in [2.75, 3.05) is 16.3 Å². The Kier molecular flexibility index (Phi) is 8.24. The Morgan fingerprint density at radius 3 is 2.21 bits per heavy atom. The first-order chi connectivity index (χ1) is 15.6. The van der Waals surface area contributed by atoms with Crippen LogP contribution in [-0.4, -0.2) is 31.6 Å². The minimum absolute atomic E-state index is 0.0321. The van der Waals surface area contributed by atoms with E-state index in [0.29, 0.717) is 0 Å². The number of carbonyl (C=O) groups excluding carboxylic acids is 1. The number of nitrogens with one attached hydrogen (secondary N) is 3. The van der Waals surface area contributed by atoms with Gasteiger partial charge in [-0.25, -0.2) is 22.2 Å². The van der Waals surface area contributed by atoms with Crippen molar-refractivity contribution in [2.45, 2.75) is 39.0 Å². The second kappa shape index (κ2) is 10.4. The number of amides is 1. The predicted octanol–water partition coefficient (Wildman–Crippen LogP) is 4.46. The molecule has 0 fully saturated rings. The monoisotopic (exact) mass is 506 g/mol. The van der Waals surface area contributed by atoms with Gasteiger partial charge in [-0.2, -0.15) is 13.2 Å². The average molecular weight is 506 g/mol. The van der Waals surface area contributed by atoms with E-state index in [-0.39, 0.29) is 23.0 Å². The number of hydrogen-bond donors (Lipinski definition) is 3. The van der Waals surface area contributed by atoms with E-state index in [1.165, 1.54) is 6.92 Å². The van der Waals surface area contributed by atoms with Crippen molar-refractivity contribution in [3.05, 3.63) is 58.8 Å². The number of hydrogen-bond acceptors (Lipinski definition) is 5. The van der Waals surface area contributed by atoms with Crippen molar-refractivity contribution in [3.63, 3.8) is 0 Å². The molecule has 0 aliphatic heterocycles. The van der Waals surface area contributed by atoms with Crippen molar-refractivity contribution in [1.29, 1.82) is 0 Å². The molecule has 1 aromatic carbocycles. The summed E-state index contributed by atoms with van der Waals surface area (Å²) in [5.74, 6) is -3.31. The van der Waals surface area contributed by atoms with Gasteiger partial charge in [0.15, 0.2) is 11.6 Å². The molecule has 1 atom stereocenters. The zero-order chi connectivity index (χ0) is 25.8. The topological polar surface area (TPSA) is 100 Å². The number of alkyl halides is 3. The van der Waals surface area contributed by atoms with Crippen molar-refractivity contribution in [2.24, 2.45) is 0 Å². The van der Waals surface area contributed by atoms with Gasteiger partial charge in [0.05, 0.1) is 17.9 Å². The highest BCUT2D eigenvalue weighted by Gasteiger charge is 2.34. The summed E-state index contributed by atoms with van der Waals surface area (Å²) in [6.45, 7) is 4.80. The minimum Gasteiger partial charge on any atom is -0.367 e. The molecule has 3 N–H and O–H groups in total. The molecule has 1 amide bonds. The summed E-state index contributed by atoms with van der Waals surface area (Å²) in [4.78, 5) is 16.2. The van der Waals surface area contributed by atoms with E-state index < -0.39 is 51.0 Å². The number of sulfonamides is 1. The van der Waals surface area contributed by atoms with Crippen LogP contribution in [0.15, 0.2) is 30.5 Å². The van der Waals surface area contributed by atoms with Crippen LogP contribution in [0.25, 0.3) is 6.08 Å². The van der Waals surface area contributed by atoms with Gasteiger partial charge in [0.1, 0.15) is 11.5 Å². The third-order valence-corrected chi connectivity index (χ3v) is 4.91. The number of benzene rings is 1. The summed E-state index contributed by atoms with van der Waals surface area (Å²) in [6.07, 6.45) is -1.18. The summed E-state index contributed by atoms with van der Waals surface area (Å²) in [6, 6.07) is 1.25. The summed E-state index contributed by atoms with van der Waals surface area (Å²) < 4.78 is 92.9. The van der Waals surface area contributed by atoms with E-state index in [1.54, 1.807) is 18.6 Å². The van der Waals surface area contributed by atoms with Crippen LogP contribution < -0.4 is 15.4 Å². The molecular formula is C21H23F5N4O3S. The Balaban J connectivity index is 2.27. The molecule has 13 heteroatoms. The molecule has 0 aliphatic carbocycles. The molecule has 0 aliphatic rings. The van der Waals surface area contributed by atoms with Gasteiger partial charge in [-0.1, -0.05) is 0 Å². The second-order valence-corrected chi connectivity index (χ2v) is 9.46. The molecule has 0 spiro atoms. The smallest absolute Gasteiger partial charge is 0.367 e. The van der Waals surface area contributed by atoms with E-state index in [4.69, 9.17) is 0 Å². The van der Waals surface area contributed by atoms with Crippen molar-refractivity contribution < 1.29 is 35.2 Å². The lowest BCUT2D eigenvalue weighted by Crippen LogP contribution is -2.25. The lowest BCUT2D eigenvalue weighted by molar-refractivity contribution is -0.137. The second-order valence-electron chi connectivity index (χ2n) is 7.71. The first kappa shape index (κ1) is 27.0. The van der Waals surface area contributed by atoms with Crippen LogP contribution in [0.3, 0.4) is 0 Å². The van der Waals surface area contributed by atoms with Crippen LogP contribution in [0.5, 0.6) is 0 Å². The molecule has 1 heterocycles. The summed E-state index contributed by atoms with van der Waals surface area (Å²) >= 11 is 0. The first-order valence-corrected chi connectivity index (χ1v) is 11.8. The molecule has 2 aromatic rings. The van der Waals surface area contributed by atoms with Crippen LogP contribution in [0.1, 0.15) is 43.5 Å². The maximum Gasteiger partial charge on any atom is 0.417 e. The van der Waals surface area contributed by atoms with E-state index in [2.05, 4.69) is 15.6 Å². The molecular weight excluding hydrogens is 483 g/mol. The third kappa shape index (κ3) is 7.40. The fourth-order valence-corrected chi connectivity index (χ4v) is 3.47. The maximum absolute atomic E-state index is 14.2. The molecule has 0 unspecified atom stereocenters. The molecule has 2 rings (SSSR count). The minimum atomic E-state index is -4.70. The quantitative estimate of drug-likeness (QED) is 0.363. The van der Waals surface area contributed by atoms with Crippen molar-refractivity contribution >= 4 is 33.5 Å². The number of rotatable bonds is 8. The van der Waals surface area contributed by atoms with Gasteiger partial charge in [0, 0.05) is 23.9 Å². The standard InChI is InChI=1S/C21H23F5N4O3S/c1-11(2)28-20-14(15(7-8-27-20)21(24,25)26)5-6-18(31)29-12(3)13-9-16(22)19(17(23)10-13)30-34(4,32)33/h5-12,30H,1-4H3,(H,27,28)(H,29,31)/t12-/m1/s1. The molecule has 0 bridgehead atoms. The lowest BCUT2D eigenvalue weighted by atomic mass is 10.1. The fourth-order valence-electron chi connectivity index (χ4n) is 2.91. The summed E-state index contributed by atoms with van der Waals surface area (Å²) in [5.41, 5.74) is -2.25. The van der Waals surface area contributed by atoms with Crippen LogP contribution in [-0.2, 0) is 21.0 Å². The third-order valence-electron chi connectivity index (χ3n) is 4.33. The predicted molar refractivity (Wildman–Crippen MR) is 118 cm³/mol. The van der Waals surface area contributed by atoms with Crippen LogP contribution >= 0.6 is 0 Å². The number of carbonyl (C=O) groups is 1. The van der Waals surface area contributed by atoms with Gasteiger partial charge < -0.3 is 10.6 Å². The van der Waals surface area contributed by atoms with E-state index >= 15 is 0 Å². The van der Waals surface area contributed by atoms with E-state index in [9.17, 15) is 35.2 Å². The molecule has 186 valence electrons. The van der Waals surface area contributed by atoms with Crippen LogP contribution in [0, 0.1) is 11.6 Å². The molecule has 34 heavy (non-hydrogen) atoms. The van der Waals surface area contributed by atoms with Gasteiger partial charge >= 0.3 is 6.18 Å². The molecule has 1 aromatic heterocycles. The summed E-state index contributed by atoms with van der Waals surface area (Å²) in [7, 11) is -3.93. The number of pyridine rings is 1. The molecule has 0 radical (unpaired) electrons. The Morgan fingerprint density at radius 2 is 1.71 bits per heavy atom. The molecule has 0 saturated heterocycles. The zero-order valence-corrected chi connectivity index (χ0v) is 19.4. The fraction of sp³-hybridized carbons (Fsp3) is 0.333. The highest BCUT2D eigenvalue weighted by atomic mass is 32.2. The van der Waals surface area contributed by atoms with Crippen molar-refractivity contribution in [1.82, 2.24) is 10.3 Å². The number of nitrogens with zero attached hydrogens (tertiary/aromatic N) is 1. The lowest BCUT2D eigenvalue weighted by Gasteiger charge is -2.17. The SMILES string of the molecule is CC(C)Nc1nccc(C(F)(F)F)c1C=CC(=O)N[C@H](C)c1cc(F)c(NS(C)(=O)=O)c(F)c1. The van der Waals surface area contributed by atoms with Crippen LogP contribution in [0.4, 0.5) is 33.5 Å². The van der Waals surface area contributed by atoms with Gasteiger partial charge in [-0.3, -0.25) is 9.52 Å². The number of anilines is 2. The number of halogens is 5. The van der Waals surface area contributed by atoms with Gasteiger partial charge in [0.25, 0.3) is 0 Å². The van der Waals surface area contributed by atoms with E-state index in [0.717, 1.165) is 42.8 Å². The Hall–Kier alpha value is -3.22. The number of aromatic nitrogens is 1. The first-order valence-electron chi connectivity index (χ1n) is 9.86. The van der Waals surface area contributed by atoms with Crippen LogP contribution in [0.2, 0.25) is 0 Å². The van der Waals surface area contributed by atoms with Gasteiger partial charge in [-0.15, -0.1) is 0 Å². The van der Waals surface area contributed by atoms with E-state index in [1.807, 2.05) is 0 Å². The highest BCUT2D eigenvalue weighted by Crippen LogP contribution is 2.35. The van der Waals surface area contributed by atoms with Gasteiger partial charge in [0.2, 0.25) is 15.9 Å². The maximum atomic E-state index is 14.2. The van der Waals surface area contributed by atoms with Gasteiger partial charge in [-0.05, 0) is 50.6 Å². The average Bonchev–Trinajstić information content (AvgIpc) is 2.67. The summed E-state index contributed by atoms with van der Waals surface area (Å²) in [5, 5.41) is 5.17. The Morgan fingerprint density at radius 1 is 1.12 bits per heavy atom. The Bertz CT molecular complexity index is 1170. The Labute approximate surface area is 193 Å². The largest absolute Gasteiger partial charge is 0.417 e. The normalized spacial score (nSPS) is 13.2. The molecule has 7 nitrogen and oxygen atoms in total. The molecule has 0 saturated carbocycles. The van der Waals surface area contributed by atoms with Crippen molar-refractivity contribution in [3.8, 4) is 0 Å². The zero-order valence-electron chi connectivity index (χ0n) is 18.6. The highest BCUT2D eigenvalue weighted by molar-refractivity contribution is 7.92.